The van der Waals surface area contributed by atoms with Crippen molar-refractivity contribution in [2.24, 2.45) is 0 Å². The molecule has 1 aromatic heterocycles. The third kappa shape index (κ3) is 6.86. The maximum Gasteiger partial charge on any atom is 0.261 e. The SMILES string of the molecule is COc1cc2c(Nc3ccc(NS(=O)(=O)c4ccccc4)cc3)c(C#N)cnc2cc1OCCCN1CCOCC1. The highest BCUT2D eigenvalue weighted by Gasteiger charge is 2.16. The Balaban J connectivity index is 1.32. The molecule has 0 spiro atoms. The number of benzene rings is 3. The molecule has 41 heavy (non-hydrogen) atoms. The molecule has 0 aliphatic carbocycles. The minimum Gasteiger partial charge on any atom is -0.493 e. The summed E-state index contributed by atoms with van der Waals surface area (Å²) in [6.45, 7) is 4.87. The first-order chi connectivity index (χ1) is 20.0. The van der Waals surface area contributed by atoms with Crippen LogP contribution in [0, 0.1) is 11.3 Å². The molecule has 3 aromatic carbocycles. The van der Waals surface area contributed by atoms with E-state index in [4.69, 9.17) is 14.2 Å². The molecule has 1 aliphatic heterocycles. The van der Waals surface area contributed by atoms with Crippen molar-refractivity contribution in [1.82, 2.24) is 9.88 Å². The Morgan fingerprint density at radius 1 is 1.02 bits per heavy atom. The second-order valence-corrected chi connectivity index (χ2v) is 11.1. The summed E-state index contributed by atoms with van der Waals surface area (Å²) in [4.78, 5) is 7.02. The lowest BCUT2D eigenvalue weighted by molar-refractivity contribution is 0.0357. The number of sulfonamides is 1. The van der Waals surface area contributed by atoms with Crippen LogP contribution in [0.3, 0.4) is 0 Å². The smallest absolute Gasteiger partial charge is 0.261 e. The molecule has 10 nitrogen and oxygen atoms in total. The van der Waals surface area contributed by atoms with E-state index in [0.717, 1.165) is 39.3 Å². The number of pyridine rings is 1. The first-order valence-corrected chi connectivity index (χ1v) is 14.7. The van der Waals surface area contributed by atoms with Crippen molar-refractivity contribution in [3.8, 4) is 17.6 Å². The molecular formula is C30H31N5O5S. The van der Waals surface area contributed by atoms with Gasteiger partial charge in [-0.2, -0.15) is 5.26 Å². The van der Waals surface area contributed by atoms with E-state index in [9.17, 15) is 13.7 Å². The zero-order valence-electron chi connectivity index (χ0n) is 22.7. The molecule has 4 aromatic rings. The summed E-state index contributed by atoms with van der Waals surface area (Å²) in [5, 5.41) is 13.8. The van der Waals surface area contributed by atoms with Crippen LogP contribution in [0.5, 0.6) is 11.5 Å². The van der Waals surface area contributed by atoms with Crippen LogP contribution in [-0.4, -0.2) is 64.9 Å². The molecule has 0 bridgehead atoms. The molecule has 1 aliphatic rings. The number of fused-ring (bicyclic) bond motifs is 1. The first kappa shape index (κ1) is 28.2. The maximum atomic E-state index is 12.7. The van der Waals surface area contributed by atoms with Crippen LogP contribution in [0.25, 0.3) is 10.9 Å². The number of anilines is 3. The Labute approximate surface area is 239 Å². The second-order valence-electron chi connectivity index (χ2n) is 9.46. The van der Waals surface area contributed by atoms with Gasteiger partial charge in [-0.15, -0.1) is 0 Å². The summed E-state index contributed by atoms with van der Waals surface area (Å²) in [5.74, 6) is 1.12. The molecule has 0 radical (unpaired) electrons. The fourth-order valence-electron chi connectivity index (χ4n) is 4.57. The molecule has 0 saturated carbocycles. The molecule has 2 heterocycles. The van der Waals surface area contributed by atoms with Crippen molar-refractivity contribution in [1.29, 1.82) is 5.26 Å². The summed E-state index contributed by atoms with van der Waals surface area (Å²) in [7, 11) is -2.13. The number of methoxy groups -OCH3 is 1. The zero-order chi connectivity index (χ0) is 28.7. The predicted octanol–water partition coefficient (Wildman–Crippen LogP) is 4.76. The molecule has 11 heteroatoms. The highest BCUT2D eigenvalue weighted by atomic mass is 32.2. The number of nitriles is 1. The van der Waals surface area contributed by atoms with Crippen molar-refractivity contribution in [3.63, 3.8) is 0 Å². The van der Waals surface area contributed by atoms with Gasteiger partial charge in [0.25, 0.3) is 10.0 Å². The van der Waals surface area contributed by atoms with Gasteiger partial charge in [0, 0.05) is 48.7 Å². The number of ether oxygens (including phenoxy) is 3. The van der Waals surface area contributed by atoms with Crippen molar-refractivity contribution in [2.45, 2.75) is 11.3 Å². The number of hydrogen-bond donors (Lipinski definition) is 2. The van der Waals surface area contributed by atoms with Gasteiger partial charge in [0.1, 0.15) is 6.07 Å². The van der Waals surface area contributed by atoms with Gasteiger partial charge in [-0.1, -0.05) is 18.2 Å². The lowest BCUT2D eigenvalue weighted by atomic mass is 10.1. The predicted molar refractivity (Wildman–Crippen MR) is 157 cm³/mol. The summed E-state index contributed by atoms with van der Waals surface area (Å²) in [6.07, 6.45) is 2.38. The minimum atomic E-state index is -3.71. The van der Waals surface area contributed by atoms with Crippen LogP contribution in [0.1, 0.15) is 12.0 Å². The van der Waals surface area contributed by atoms with Crippen molar-refractivity contribution >= 4 is 38.0 Å². The first-order valence-electron chi connectivity index (χ1n) is 13.3. The highest BCUT2D eigenvalue weighted by molar-refractivity contribution is 7.92. The zero-order valence-corrected chi connectivity index (χ0v) is 23.5. The van der Waals surface area contributed by atoms with E-state index in [1.807, 2.05) is 12.1 Å². The van der Waals surface area contributed by atoms with Crippen LogP contribution in [0.15, 0.2) is 77.8 Å². The molecule has 0 amide bonds. The van der Waals surface area contributed by atoms with E-state index in [-0.39, 0.29) is 4.90 Å². The Hall–Kier alpha value is -4.37. The fourth-order valence-corrected chi connectivity index (χ4v) is 5.65. The third-order valence-corrected chi connectivity index (χ3v) is 8.11. The number of nitrogens with zero attached hydrogens (tertiary/aromatic N) is 3. The standard InChI is InChI=1S/C30H31N5O5S/c1-38-28-18-26-27(19-29(28)40-15-5-12-35-13-16-39-17-14-35)32-21-22(20-31)30(26)33-23-8-10-24(11-9-23)34-41(36,37)25-6-3-2-4-7-25/h2-4,6-11,18-19,21,34H,5,12-17H2,1H3,(H,32,33). The van der Waals surface area contributed by atoms with Gasteiger partial charge in [-0.3, -0.25) is 14.6 Å². The molecular weight excluding hydrogens is 542 g/mol. The van der Waals surface area contributed by atoms with Gasteiger partial charge in [-0.05, 0) is 48.9 Å². The Bertz CT molecular complexity index is 1630. The Morgan fingerprint density at radius 2 is 1.76 bits per heavy atom. The summed E-state index contributed by atoms with van der Waals surface area (Å²) in [5.41, 5.74) is 2.64. The monoisotopic (exact) mass is 573 g/mol. The van der Waals surface area contributed by atoms with Gasteiger partial charge < -0.3 is 19.5 Å². The minimum absolute atomic E-state index is 0.179. The number of nitrogens with one attached hydrogen (secondary N) is 2. The van der Waals surface area contributed by atoms with E-state index >= 15 is 0 Å². The van der Waals surface area contributed by atoms with Gasteiger partial charge >= 0.3 is 0 Å². The second kappa shape index (κ2) is 12.9. The van der Waals surface area contributed by atoms with Crippen molar-refractivity contribution in [3.05, 3.63) is 78.5 Å². The number of rotatable bonds is 11. The van der Waals surface area contributed by atoms with E-state index in [0.29, 0.717) is 51.6 Å². The lowest BCUT2D eigenvalue weighted by Crippen LogP contribution is -2.37. The number of morpholine rings is 1. The van der Waals surface area contributed by atoms with Crippen LogP contribution in [-0.2, 0) is 14.8 Å². The van der Waals surface area contributed by atoms with Crippen LogP contribution in [0.4, 0.5) is 17.1 Å². The van der Waals surface area contributed by atoms with Crippen LogP contribution in [0.2, 0.25) is 0 Å². The number of hydrogen-bond acceptors (Lipinski definition) is 9. The van der Waals surface area contributed by atoms with Gasteiger partial charge in [-0.25, -0.2) is 8.42 Å². The van der Waals surface area contributed by atoms with E-state index < -0.39 is 10.0 Å². The van der Waals surface area contributed by atoms with E-state index in [1.54, 1.807) is 49.6 Å². The Kier molecular flexibility index (Phi) is 8.84. The quantitative estimate of drug-likeness (QED) is 0.244. The largest absolute Gasteiger partial charge is 0.493 e. The summed E-state index contributed by atoms with van der Waals surface area (Å²) < 4.78 is 45.0. The van der Waals surface area contributed by atoms with Crippen molar-refractivity contribution < 1.29 is 22.6 Å². The average Bonchev–Trinajstić information content (AvgIpc) is 3.01. The normalized spacial score (nSPS) is 13.9. The molecule has 0 atom stereocenters. The van der Waals surface area contributed by atoms with Gasteiger partial charge in [0.2, 0.25) is 0 Å². The van der Waals surface area contributed by atoms with E-state index in [1.165, 1.54) is 18.3 Å². The fraction of sp³-hybridized carbons (Fsp3) is 0.267. The molecule has 5 rings (SSSR count). The Morgan fingerprint density at radius 3 is 2.46 bits per heavy atom. The summed E-state index contributed by atoms with van der Waals surface area (Å²) >= 11 is 0. The maximum absolute atomic E-state index is 12.7. The number of aromatic nitrogens is 1. The van der Waals surface area contributed by atoms with Crippen LogP contribution >= 0.6 is 0 Å². The van der Waals surface area contributed by atoms with E-state index in [2.05, 4.69) is 26.0 Å². The molecule has 212 valence electrons. The van der Waals surface area contributed by atoms with Crippen molar-refractivity contribution in [2.75, 3.05) is 56.6 Å². The van der Waals surface area contributed by atoms with Gasteiger partial charge in [0.15, 0.2) is 11.5 Å². The average molecular weight is 574 g/mol. The molecule has 2 N–H and O–H groups in total. The third-order valence-electron chi connectivity index (χ3n) is 6.71. The highest BCUT2D eigenvalue weighted by Crippen LogP contribution is 2.37. The molecule has 1 saturated heterocycles. The summed E-state index contributed by atoms with van der Waals surface area (Å²) in [6, 6.07) is 20.8. The molecule has 0 unspecified atom stereocenters. The molecule has 1 fully saturated rings. The van der Waals surface area contributed by atoms with Crippen LogP contribution < -0.4 is 19.5 Å². The lowest BCUT2D eigenvalue weighted by Gasteiger charge is -2.26. The topological polar surface area (TPSA) is 126 Å². The van der Waals surface area contributed by atoms with Gasteiger partial charge in [0.05, 0.1) is 48.6 Å².